The fourth-order valence-electron chi connectivity index (χ4n) is 3.82. The number of aryl methyl sites for hydroxylation is 1. The fourth-order valence-corrected chi connectivity index (χ4v) is 4.82. The molecular weight excluding hydrogens is 491 g/mol. The minimum Gasteiger partial charge on any atom is -0.471 e. The van der Waals surface area contributed by atoms with Crippen molar-refractivity contribution >= 4 is 28.8 Å². The quantitative estimate of drug-likeness (QED) is 0.455. The molecule has 0 aromatic carbocycles. The number of halogens is 4. The summed E-state index contributed by atoms with van der Waals surface area (Å²) in [6.07, 6.45) is -2.22. The molecule has 3 aromatic rings. The molecule has 1 aliphatic rings. The van der Waals surface area contributed by atoms with Crippen LogP contribution in [0.15, 0.2) is 29.6 Å². The van der Waals surface area contributed by atoms with Gasteiger partial charge in [0.25, 0.3) is 0 Å². The fraction of sp³-hybridized carbons (Fsp3) is 0.455. The van der Waals surface area contributed by atoms with Crippen LogP contribution >= 0.6 is 22.9 Å². The van der Waals surface area contributed by atoms with Crippen LogP contribution in [0.2, 0.25) is 5.02 Å². The second-order valence-corrected chi connectivity index (χ2v) is 9.61. The van der Waals surface area contributed by atoms with Gasteiger partial charge >= 0.3 is 6.18 Å². The molecule has 0 N–H and O–H groups in total. The van der Waals surface area contributed by atoms with Gasteiger partial charge in [-0.05, 0) is 55.7 Å². The number of amides is 1. The molecule has 1 fully saturated rings. The van der Waals surface area contributed by atoms with Crippen LogP contribution in [-0.4, -0.2) is 43.9 Å². The summed E-state index contributed by atoms with van der Waals surface area (Å²) in [6, 6.07) is 6.44. The lowest BCUT2D eigenvalue weighted by atomic mass is 9.92. The molecule has 182 valence electrons. The van der Waals surface area contributed by atoms with E-state index in [1.54, 1.807) is 11.0 Å². The zero-order chi connectivity index (χ0) is 24.3. The molecule has 7 nitrogen and oxygen atoms in total. The Kier molecular flexibility index (Phi) is 7.42. The molecule has 0 unspecified atom stereocenters. The molecule has 0 aliphatic carbocycles. The number of hydrogen-bond acceptors (Lipinski definition) is 6. The standard InChI is InChI=1S/C22H23ClF3N5O2S/c1-14-10-19(22(24,25)26)29-31(14)12-21(32)30-7-4-15(5-8-30)11-16-2-3-20(28-27-16)33-13-18-17(23)6-9-34-18/h2-3,6,9-10,15H,4-5,7-8,11-13H2,1H3. The molecule has 0 radical (unpaired) electrons. The highest BCUT2D eigenvalue weighted by Crippen LogP contribution is 2.29. The van der Waals surface area contributed by atoms with Gasteiger partial charge in [0.15, 0.2) is 5.69 Å². The topological polar surface area (TPSA) is 73.1 Å². The number of hydrogen-bond donors (Lipinski definition) is 0. The normalized spacial score (nSPS) is 15.0. The summed E-state index contributed by atoms with van der Waals surface area (Å²) in [5.74, 6) is 0.542. The summed E-state index contributed by atoms with van der Waals surface area (Å²) >= 11 is 7.58. The molecule has 12 heteroatoms. The number of ether oxygens (including phenoxy) is 1. The van der Waals surface area contributed by atoms with Gasteiger partial charge in [-0.25, -0.2) is 0 Å². The third-order valence-corrected chi connectivity index (χ3v) is 7.12. The third-order valence-electron chi connectivity index (χ3n) is 5.76. The lowest BCUT2D eigenvalue weighted by Crippen LogP contribution is -2.41. The maximum Gasteiger partial charge on any atom is 0.435 e. The molecule has 4 rings (SSSR count). The van der Waals surface area contributed by atoms with Crippen molar-refractivity contribution in [3.05, 3.63) is 56.6 Å². The van der Waals surface area contributed by atoms with E-state index in [1.165, 1.54) is 18.3 Å². The average molecular weight is 514 g/mol. The van der Waals surface area contributed by atoms with E-state index in [9.17, 15) is 18.0 Å². The van der Waals surface area contributed by atoms with Gasteiger partial charge in [-0.2, -0.15) is 23.4 Å². The number of alkyl halides is 3. The van der Waals surface area contributed by atoms with Crippen molar-refractivity contribution in [2.45, 2.75) is 45.5 Å². The first-order chi connectivity index (χ1) is 16.2. The Balaban J connectivity index is 1.23. The van der Waals surface area contributed by atoms with Gasteiger partial charge in [0.1, 0.15) is 13.2 Å². The Morgan fingerprint density at radius 1 is 1.24 bits per heavy atom. The summed E-state index contributed by atoms with van der Waals surface area (Å²) in [5, 5.41) is 14.5. The molecule has 0 spiro atoms. The monoisotopic (exact) mass is 513 g/mol. The number of carbonyl (C=O) groups is 1. The predicted molar refractivity (Wildman–Crippen MR) is 121 cm³/mol. The summed E-state index contributed by atoms with van der Waals surface area (Å²) in [4.78, 5) is 15.2. The number of likely N-dealkylation sites (tertiary alicyclic amines) is 1. The Hall–Kier alpha value is -2.66. The maximum absolute atomic E-state index is 12.8. The number of rotatable bonds is 7. The van der Waals surface area contributed by atoms with Crippen molar-refractivity contribution in [3.8, 4) is 5.88 Å². The highest BCUT2D eigenvalue weighted by Gasteiger charge is 2.35. The van der Waals surface area contributed by atoms with Crippen molar-refractivity contribution in [1.82, 2.24) is 24.9 Å². The van der Waals surface area contributed by atoms with Crippen LogP contribution in [0.25, 0.3) is 0 Å². The first kappa shape index (κ1) is 24.5. The van der Waals surface area contributed by atoms with Crippen LogP contribution in [0, 0.1) is 12.8 Å². The zero-order valence-electron chi connectivity index (χ0n) is 18.4. The molecule has 1 amide bonds. The molecule has 4 heterocycles. The predicted octanol–water partition coefficient (Wildman–Crippen LogP) is 4.78. The van der Waals surface area contributed by atoms with E-state index in [0.29, 0.717) is 42.2 Å². The summed E-state index contributed by atoms with van der Waals surface area (Å²) in [7, 11) is 0. The van der Waals surface area contributed by atoms with E-state index >= 15 is 0 Å². The van der Waals surface area contributed by atoms with E-state index in [-0.39, 0.29) is 12.5 Å². The highest BCUT2D eigenvalue weighted by molar-refractivity contribution is 7.10. The van der Waals surface area contributed by atoms with Crippen molar-refractivity contribution in [1.29, 1.82) is 0 Å². The van der Waals surface area contributed by atoms with E-state index in [4.69, 9.17) is 16.3 Å². The molecule has 3 aromatic heterocycles. The van der Waals surface area contributed by atoms with Crippen LogP contribution in [0.5, 0.6) is 5.88 Å². The largest absolute Gasteiger partial charge is 0.471 e. The average Bonchev–Trinajstić information content (AvgIpc) is 3.39. The smallest absolute Gasteiger partial charge is 0.435 e. The van der Waals surface area contributed by atoms with Crippen molar-refractivity contribution in [2.24, 2.45) is 5.92 Å². The first-order valence-corrected chi connectivity index (χ1v) is 12.0. The molecule has 0 saturated carbocycles. The first-order valence-electron chi connectivity index (χ1n) is 10.8. The summed E-state index contributed by atoms with van der Waals surface area (Å²) in [6.45, 7) is 2.75. The van der Waals surface area contributed by atoms with Crippen molar-refractivity contribution in [2.75, 3.05) is 13.1 Å². The van der Waals surface area contributed by atoms with E-state index in [1.807, 2.05) is 17.5 Å². The Labute approximate surface area is 203 Å². The van der Waals surface area contributed by atoms with Gasteiger partial charge in [-0.3, -0.25) is 9.48 Å². The Bertz CT molecular complexity index is 1120. The number of carbonyl (C=O) groups excluding carboxylic acids is 1. The van der Waals surface area contributed by atoms with E-state index in [0.717, 1.165) is 40.6 Å². The number of thiophene rings is 1. The second kappa shape index (κ2) is 10.3. The Morgan fingerprint density at radius 3 is 2.59 bits per heavy atom. The molecule has 0 bridgehead atoms. The lowest BCUT2D eigenvalue weighted by Gasteiger charge is -2.32. The van der Waals surface area contributed by atoms with Gasteiger partial charge in [0.2, 0.25) is 11.8 Å². The van der Waals surface area contributed by atoms with Crippen LogP contribution in [-0.2, 0) is 30.5 Å². The maximum atomic E-state index is 12.8. The SMILES string of the molecule is Cc1cc(C(F)(F)F)nn1CC(=O)N1CCC(Cc2ccc(OCc3sccc3Cl)nn2)CC1. The molecule has 1 saturated heterocycles. The van der Waals surface area contributed by atoms with Gasteiger partial charge in [-0.15, -0.1) is 16.4 Å². The minimum absolute atomic E-state index is 0.198. The van der Waals surface area contributed by atoms with Gasteiger partial charge in [0.05, 0.1) is 15.6 Å². The molecule has 0 atom stereocenters. The van der Waals surface area contributed by atoms with Gasteiger partial charge < -0.3 is 9.64 Å². The Morgan fingerprint density at radius 2 is 2.00 bits per heavy atom. The van der Waals surface area contributed by atoms with Crippen molar-refractivity contribution < 1.29 is 22.7 Å². The highest BCUT2D eigenvalue weighted by atomic mass is 35.5. The molecular formula is C22H23ClF3N5O2S. The minimum atomic E-state index is -4.53. The third kappa shape index (κ3) is 6.06. The second-order valence-electron chi connectivity index (χ2n) is 8.20. The van der Waals surface area contributed by atoms with Crippen LogP contribution in [0.1, 0.15) is 34.8 Å². The van der Waals surface area contributed by atoms with Gasteiger partial charge in [0, 0.05) is 24.8 Å². The zero-order valence-corrected chi connectivity index (χ0v) is 20.0. The number of nitrogens with zero attached hydrogens (tertiary/aromatic N) is 5. The molecule has 34 heavy (non-hydrogen) atoms. The summed E-state index contributed by atoms with van der Waals surface area (Å²) in [5.41, 5.74) is 0.169. The van der Waals surface area contributed by atoms with E-state index < -0.39 is 11.9 Å². The van der Waals surface area contributed by atoms with E-state index in [2.05, 4.69) is 15.3 Å². The summed E-state index contributed by atoms with van der Waals surface area (Å²) < 4.78 is 45.3. The lowest BCUT2D eigenvalue weighted by molar-refractivity contribution is -0.142. The number of piperidine rings is 1. The van der Waals surface area contributed by atoms with Crippen molar-refractivity contribution in [3.63, 3.8) is 0 Å². The van der Waals surface area contributed by atoms with Crippen LogP contribution in [0.4, 0.5) is 13.2 Å². The number of aromatic nitrogens is 4. The van der Waals surface area contributed by atoms with Gasteiger partial charge in [-0.1, -0.05) is 11.6 Å². The van der Waals surface area contributed by atoms with Crippen LogP contribution in [0.3, 0.4) is 0 Å². The molecule has 1 aliphatic heterocycles. The van der Waals surface area contributed by atoms with Crippen LogP contribution < -0.4 is 4.74 Å².